The second-order valence-corrected chi connectivity index (χ2v) is 2.49. The van der Waals surface area contributed by atoms with Gasteiger partial charge in [-0.1, -0.05) is 19.2 Å². The third-order valence-electron chi connectivity index (χ3n) is 1.29. The molecule has 0 fully saturated rings. The van der Waals surface area contributed by atoms with Crippen LogP contribution in [0.25, 0.3) is 0 Å². The third-order valence-corrected chi connectivity index (χ3v) is 1.29. The monoisotopic (exact) mass is 193 g/mol. The third kappa shape index (κ3) is 6.00. The quantitative estimate of drug-likeness (QED) is 0.290. The van der Waals surface area contributed by atoms with Gasteiger partial charge in [0.2, 0.25) is 0 Å². The Balaban J connectivity index is 0. The number of rotatable bonds is 4. The molecule has 0 aliphatic rings. The zero-order valence-electron chi connectivity index (χ0n) is 9.34. The van der Waals surface area contributed by atoms with Gasteiger partial charge in [0.05, 0.1) is 7.11 Å². The molecule has 0 aliphatic carbocycles. The largest absolute Gasteiger partial charge is 0.495 e. The molecule has 0 atom stereocenters. The highest BCUT2D eigenvalue weighted by Gasteiger charge is 2.00. The van der Waals surface area contributed by atoms with Crippen LogP contribution in [0, 0.1) is 0 Å². The van der Waals surface area contributed by atoms with Crippen molar-refractivity contribution in [3.05, 3.63) is 49.4 Å². The summed E-state index contributed by atoms with van der Waals surface area (Å²) in [6.07, 6.45) is 3.23. The standard InChI is InChI=1S/C10H15NO.C2H4/c1-6-7-11-10(8(2)3)9(4)12-5;1-2/h6-7H,1,4H2,2-3,5H3;1-2H2. The maximum atomic E-state index is 4.97. The molecule has 2 nitrogen and oxygen atoms in total. The lowest BCUT2D eigenvalue weighted by Crippen LogP contribution is -1.90. The van der Waals surface area contributed by atoms with E-state index in [0.29, 0.717) is 5.76 Å². The topological polar surface area (TPSA) is 21.6 Å². The Bertz CT molecular complexity index is 245. The van der Waals surface area contributed by atoms with Crippen LogP contribution in [-0.4, -0.2) is 13.3 Å². The summed E-state index contributed by atoms with van der Waals surface area (Å²) < 4.78 is 4.97. The molecule has 0 aromatic rings. The molecule has 0 amide bonds. The summed E-state index contributed by atoms with van der Waals surface area (Å²) >= 11 is 0. The molecule has 0 radical (unpaired) electrons. The summed E-state index contributed by atoms with van der Waals surface area (Å²) in [6, 6.07) is 0. The van der Waals surface area contributed by atoms with Crippen molar-refractivity contribution in [2.45, 2.75) is 13.8 Å². The maximum Gasteiger partial charge on any atom is 0.137 e. The van der Waals surface area contributed by atoms with Gasteiger partial charge in [-0.3, -0.25) is 4.99 Å². The van der Waals surface area contributed by atoms with Gasteiger partial charge in [-0.05, 0) is 19.4 Å². The first-order valence-corrected chi connectivity index (χ1v) is 4.19. The molecule has 14 heavy (non-hydrogen) atoms. The minimum Gasteiger partial charge on any atom is -0.495 e. The van der Waals surface area contributed by atoms with Crippen molar-refractivity contribution in [2.24, 2.45) is 4.99 Å². The Kier molecular flexibility index (Phi) is 10.1. The molecule has 0 rings (SSSR count). The van der Waals surface area contributed by atoms with Gasteiger partial charge < -0.3 is 4.74 Å². The van der Waals surface area contributed by atoms with Crippen LogP contribution in [0.2, 0.25) is 0 Å². The summed E-state index contributed by atoms with van der Waals surface area (Å²) in [6.45, 7) is 17.2. The van der Waals surface area contributed by atoms with Gasteiger partial charge in [0.15, 0.2) is 0 Å². The number of hydrogen-bond donors (Lipinski definition) is 0. The van der Waals surface area contributed by atoms with Gasteiger partial charge in [-0.2, -0.15) is 0 Å². The Morgan fingerprint density at radius 3 is 2.07 bits per heavy atom. The summed E-state index contributed by atoms with van der Waals surface area (Å²) in [4.78, 5) is 4.12. The fourth-order valence-corrected chi connectivity index (χ4v) is 0.704. The van der Waals surface area contributed by atoms with Crippen molar-refractivity contribution in [2.75, 3.05) is 7.11 Å². The van der Waals surface area contributed by atoms with Crippen LogP contribution in [0.5, 0.6) is 0 Å². The first kappa shape index (κ1) is 14.9. The number of methoxy groups -OCH3 is 1. The highest BCUT2D eigenvalue weighted by Crippen LogP contribution is 2.14. The number of nitrogens with zero attached hydrogens (tertiary/aromatic N) is 1. The summed E-state index contributed by atoms with van der Waals surface area (Å²) in [5.41, 5.74) is 1.84. The minimum absolute atomic E-state index is 0.577. The number of aliphatic imine (C=N–C) groups is 1. The van der Waals surface area contributed by atoms with Gasteiger partial charge in [0.25, 0.3) is 0 Å². The van der Waals surface area contributed by atoms with Crippen LogP contribution in [0.3, 0.4) is 0 Å². The van der Waals surface area contributed by atoms with E-state index in [-0.39, 0.29) is 0 Å². The average Bonchev–Trinajstić information content (AvgIpc) is 2.20. The Morgan fingerprint density at radius 1 is 1.29 bits per heavy atom. The maximum absolute atomic E-state index is 4.97. The van der Waals surface area contributed by atoms with Gasteiger partial charge in [0, 0.05) is 6.21 Å². The molecule has 0 spiro atoms. The van der Waals surface area contributed by atoms with Crippen molar-refractivity contribution in [3.8, 4) is 0 Å². The van der Waals surface area contributed by atoms with Crippen molar-refractivity contribution in [3.63, 3.8) is 0 Å². The smallest absolute Gasteiger partial charge is 0.137 e. The Labute approximate surface area is 87.0 Å². The fraction of sp³-hybridized carbons (Fsp3) is 0.250. The lowest BCUT2D eigenvalue weighted by atomic mass is 10.2. The molecular weight excluding hydrogens is 174 g/mol. The predicted octanol–water partition coefficient (Wildman–Crippen LogP) is 3.50. The molecule has 0 saturated heterocycles. The first-order chi connectivity index (χ1) is 6.63. The van der Waals surface area contributed by atoms with Crippen molar-refractivity contribution in [1.82, 2.24) is 0 Å². The van der Waals surface area contributed by atoms with Crippen LogP contribution in [0.15, 0.2) is 54.4 Å². The average molecular weight is 193 g/mol. The van der Waals surface area contributed by atoms with Gasteiger partial charge >= 0.3 is 0 Å². The normalized spacial score (nSPS) is 8.50. The molecule has 0 unspecified atom stereocenters. The SMILES string of the molecule is C=C.C=CC=NC(C(=C)OC)=C(C)C. The van der Waals surface area contributed by atoms with Crippen LogP contribution in [0.1, 0.15) is 13.8 Å². The van der Waals surface area contributed by atoms with Crippen molar-refractivity contribution in [1.29, 1.82) is 0 Å². The highest BCUT2D eigenvalue weighted by atomic mass is 16.5. The zero-order chi connectivity index (χ0) is 11.6. The molecule has 78 valence electrons. The van der Waals surface area contributed by atoms with E-state index in [1.54, 1.807) is 19.4 Å². The first-order valence-electron chi connectivity index (χ1n) is 4.19. The molecule has 0 saturated carbocycles. The van der Waals surface area contributed by atoms with Crippen molar-refractivity contribution >= 4 is 6.21 Å². The lowest BCUT2D eigenvalue weighted by molar-refractivity contribution is 0.301. The van der Waals surface area contributed by atoms with E-state index in [4.69, 9.17) is 4.74 Å². The molecule has 2 heteroatoms. The van der Waals surface area contributed by atoms with E-state index in [1.807, 2.05) is 13.8 Å². The van der Waals surface area contributed by atoms with Crippen LogP contribution < -0.4 is 0 Å². The molecule has 0 heterocycles. The molecule has 0 N–H and O–H groups in total. The summed E-state index contributed by atoms with van der Waals surface area (Å²) in [7, 11) is 1.58. The molecule has 0 aromatic heterocycles. The number of allylic oxidation sites excluding steroid dienone is 2. The van der Waals surface area contributed by atoms with E-state index < -0.39 is 0 Å². The second-order valence-electron chi connectivity index (χ2n) is 2.49. The Hall–Kier alpha value is -1.57. The van der Waals surface area contributed by atoms with Gasteiger partial charge in [-0.15, -0.1) is 13.2 Å². The molecule has 0 aliphatic heterocycles. The number of hydrogen-bond acceptors (Lipinski definition) is 2. The highest BCUT2D eigenvalue weighted by molar-refractivity contribution is 5.71. The number of ether oxygens (including phenoxy) is 1. The molecule has 0 aromatic carbocycles. The fourth-order valence-electron chi connectivity index (χ4n) is 0.704. The van der Waals surface area contributed by atoms with Crippen LogP contribution in [0.4, 0.5) is 0 Å². The van der Waals surface area contributed by atoms with E-state index in [2.05, 4.69) is 31.3 Å². The zero-order valence-corrected chi connectivity index (χ0v) is 9.34. The minimum atomic E-state index is 0.577. The van der Waals surface area contributed by atoms with E-state index in [0.717, 1.165) is 11.3 Å². The molecule has 0 bridgehead atoms. The van der Waals surface area contributed by atoms with Gasteiger partial charge in [-0.25, -0.2) is 0 Å². The van der Waals surface area contributed by atoms with Crippen LogP contribution >= 0.6 is 0 Å². The lowest BCUT2D eigenvalue weighted by Gasteiger charge is -2.05. The summed E-state index contributed by atoms with van der Waals surface area (Å²) in [5.74, 6) is 0.577. The molecular formula is C12H19NO. The second kappa shape index (κ2) is 9.52. The van der Waals surface area contributed by atoms with Gasteiger partial charge in [0.1, 0.15) is 11.5 Å². The Morgan fingerprint density at radius 2 is 1.79 bits per heavy atom. The van der Waals surface area contributed by atoms with Crippen molar-refractivity contribution < 1.29 is 4.74 Å². The summed E-state index contributed by atoms with van der Waals surface area (Å²) in [5, 5.41) is 0. The predicted molar refractivity (Wildman–Crippen MR) is 64.5 cm³/mol. The van der Waals surface area contributed by atoms with Crippen LogP contribution in [-0.2, 0) is 4.74 Å². The van der Waals surface area contributed by atoms with E-state index in [1.165, 1.54) is 0 Å². The van der Waals surface area contributed by atoms with E-state index >= 15 is 0 Å². The van der Waals surface area contributed by atoms with E-state index in [9.17, 15) is 0 Å².